The third-order valence-corrected chi connectivity index (χ3v) is 6.59. The first-order valence-corrected chi connectivity index (χ1v) is 12.2. The first-order chi connectivity index (χ1) is 17.4. The second kappa shape index (κ2) is 11.5. The molecular weight excluding hydrogens is 464 g/mol. The van der Waals surface area contributed by atoms with E-state index in [0.717, 1.165) is 12.0 Å². The fourth-order valence-corrected chi connectivity index (χ4v) is 4.77. The summed E-state index contributed by atoms with van der Waals surface area (Å²) in [5.74, 6) is -1.08. The summed E-state index contributed by atoms with van der Waals surface area (Å²) < 4.78 is 22.3. The highest BCUT2D eigenvalue weighted by Gasteiger charge is 2.38. The summed E-state index contributed by atoms with van der Waals surface area (Å²) in [4.78, 5) is 41.9. The number of benzene rings is 1. The normalized spacial score (nSPS) is 24.5. The van der Waals surface area contributed by atoms with Crippen LogP contribution in [0.15, 0.2) is 42.6 Å². The van der Waals surface area contributed by atoms with Crippen LogP contribution < -0.4 is 14.8 Å². The Morgan fingerprint density at radius 3 is 2.56 bits per heavy atom. The number of hydrogen-bond acceptors (Lipinski definition) is 8. The molecule has 36 heavy (non-hydrogen) atoms. The second-order valence-electron chi connectivity index (χ2n) is 9.37. The van der Waals surface area contributed by atoms with Crippen molar-refractivity contribution in [1.29, 1.82) is 0 Å². The molecule has 1 aliphatic carbocycles. The van der Waals surface area contributed by atoms with Crippen LogP contribution in [0.25, 0.3) is 0 Å². The number of pyridine rings is 1. The Morgan fingerprint density at radius 2 is 1.89 bits per heavy atom. The molecule has 1 N–H and O–H groups in total. The molecule has 0 unspecified atom stereocenters. The van der Waals surface area contributed by atoms with Gasteiger partial charge in [0.05, 0.1) is 20.3 Å². The smallest absolute Gasteiger partial charge is 0.331 e. The van der Waals surface area contributed by atoms with Crippen molar-refractivity contribution in [1.82, 2.24) is 10.3 Å². The molecule has 2 fully saturated rings. The van der Waals surface area contributed by atoms with Crippen LogP contribution in [-0.2, 0) is 19.1 Å². The van der Waals surface area contributed by atoms with Crippen LogP contribution in [0.2, 0.25) is 0 Å². The zero-order chi connectivity index (χ0) is 25.7. The SMILES string of the molecule is COc1ccnc(C(=O)N[C@H]2COC[C@H](CC3CC3)[C@@H](c3ccccc3)[C@H](C)OC2=O)c1OC(C)=O. The van der Waals surface area contributed by atoms with Gasteiger partial charge in [0.25, 0.3) is 5.91 Å². The van der Waals surface area contributed by atoms with Crippen LogP contribution in [0.1, 0.15) is 55.1 Å². The molecule has 1 aromatic carbocycles. The third-order valence-electron chi connectivity index (χ3n) is 6.59. The number of carbonyl (C=O) groups is 3. The molecule has 0 bridgehead atoms. The van der Waals surface area contributed by atoms with Gasteiger partial charge in [-0.3, -0.25) is 9.59 Å². The molecule has 2 heterocycles. The summed E-state index contributed by atoms with van der Waals surface area (Å²) in [5.41, 5.74) is 0.917. The molecule has 4 rings (SSSR count). The molecular formula is C27H32N2O7. The number of methoxy groups -OCH3 is 1. The predicted octanol–water partition coefficient (Wildman–Crippen LogP) is 3.28. The van der Waals surface area contributed by atoms with Gasteiger partial charge in [-0.2, -0.15) is 0 Å². The van der Waals surface area contributed by atoms with Crippen molar-refractivity contribution < 1.29 is 33.3 Å². The first-order valence-electron chi connectivity index (χ1n) is 12.2. The van der Waals surface area contributed by atoms with Crippen LogP contribution in [0.3, 0.4) is 0 Å². The zero-order valence-electron chi connectivity index (χ0n) is 20.8. The summed E-state index contributed by atoms with van der Waals surface area (Å²) >= 11 is 0. The molecule has 1 aliphatic heterocycles. The molecule has 1 amide bonds. The number of nitrogens with one attached hydrogen (secondary N) is 1. The quantitative estimate of drug-likeness (QED) is 0.581. The predicted molar refractivity (Wildman–Crippen MR) is 130 cm³/mol. The molecule has 2 aromatic rings. The van der Waals surface area contributed by atoms with E-state index in [1.165, 1.54) is 39.1 Å². The van der Waals surface area contributed by atoms with Gasteiger partial charge in [-0.25, -0.2) is 9.78 Å². The summed E-state index contributed by atoms with van der Waals surface area (Å²) in [6, 6.07) is 10.4. The molecule has 9 nitrogen and oxygen atoms in total. The summed E-state index contributed by atoms with van der Waals surface area (Å²) in [7, 11) is 1.39. The summed E-state index contributed by atoms with van der Waals surface area (Å²) in [6.45, 7) is 3.49. The van der Waals surface area contributed by atoms with Gasteiger partial charge in [0, 0.05) is 25.1 Å². The standard InChI is InChI=1S/C27H32N2O7/c1-16-23(19-7-5-4-6-8-19)20(13-18-9-10-18)14-34-15-21(27(32)35-16)29-26(31)24-25(36-17(2)30)22(33-3)11-12-28-24/h4-8,11-12,16,18,20-21,23H,9-10,13-15H2,1-3H3,(H,29,31)/t16-,20-,21-,23+/m0/s1. The minimum absolute atomic E-state index is 0.0270. The van der Waals surface area contributed by atoms with Crippen LogP contribution in [-0.4, -0.2) is 55.3 Å². The molecule has 0 spiro atoms. The Balaban J connectivity index is 1.55. The topological polar surface area (TPSA) is 113 Å². The fraction of sp³-hybridized carbons (Fsp3) is 0.481. The highest BCUT2D eigenvalue weighted by molar-refractivity contribution is 5.98. The van der Waals surface area contributed by atoms with Gasteiger partial charge in [-0.15, -0.1) is 0 Å². The number of cyclic esters (lactones) is 1. The molecule has 1 aromatic heterocycles. The van der Waals surface area contributed by atoms with E-state index in [0.29, 0.717) is 12.5 Å². The Kier molecular flexibility index (Phi) is 8.20. The Morgan fingerprint density at radius 1 is 1.14 bits per heavy atom. The van der Waals surface area contributed by atoms with Gasteiger partial charge in [0.2, 0.25) is 5.75 Å². The molecule has 192 valence electrons. The lowest BCUT2D eigenvalue weighted by atomic mass is 9.80. The van der Waals surface area contributed by atoms with Crippen molar-refractivity contribution in [3.8, 4) is 11.5 Å². The summed E-state index contributed by atoms with van der Waals surface area (Å²) in [6.07, 6.45) is 4.36. The van der Waals surface area contributed by atoms with E-state index in [2.05, 4.69) is 22.4 Å². The van der Waals surface area contributed by atoms with Crippen molar-refractivity contribution in [2.24, 2.45) is 11.8 Å². The highest BCUT2D eigenvalue weighted by atomic mass is 16.6. The van der Waals surface area contributed by atoms with E-state index in [-0.39, 0.29) is 35.6 Å². The van der Waals surface area contributed by atoms with E-state index in [1.54, 1.807) is 0 Å². The molecule has 0 radical (unpaired) electrons. The maximum atomic E-state index is 13.2. The lowest BCUT2D eigenvalue weighted by Crippen LogP contribution is -2.46. The van der Waals surface area contributed by atoms with Crippen LogP contribution >= 0.6 is 0 Å². The highest BCUT2D eigenvalue weighted by Crippen LogP contribution is 2.42. The average molecular weight is 497 g/mol. The van der Waals surface area contributed by atoms with E-state index >= 15 is 0 Å². The van der Waals surface area contributed by atoms with Crippen molar-refractivity contribution in [2.75, 3.05) is 20.3 Å². The first kappa shape index (κ1) is 25.6. The van der Waals surface area contributed by atoms with E-state index in [9.17, 15) is 14.4 Å². The van der Waals surface area contributed by atoms with Gasteiger partial charge in [0.1, 0.15) is 6.10 Å². The number of nitrogens with zero attached hydrogens (tertiary/aromatic N) is 1. The minimum atomic E-state index is -1.06. The number of esters is 2. The van der Waals surface area contributed by atoms with Gasteiger partial charge in [0.15, 0.2) is 17.5 Å². The third kappa shape index (κ3) is 6.20. The monoisotopic (exact) mass is 496 g/mol. The Labute approximate surface area is 210 Å². The molecule has 2 aliphatic rings. The van der Waals surface area contributed by atoms with E-state index in [4.69, 9.17) is 18.9 Å². The molecule has 1 saturated heterocycles. The van der Waals surface area contributed by atoms with E-state index in [1.807, 2.05) is 25.1 Å². The molecule has 4 atom stereocenters. The average Bonchev–Trinajstić information content (AvgIpc) is 3.67. The van der Waals surface area contributed by atoms with Gasteiger partial charge < -0.3 is 24.3 Å². The largest absolute Gasteiger partial charge is 0.493 e. The molecule has 1 saturated carbocycles. The Bertz CT molecular complexity index is 1090. The number of amides is 1. The fourth-order valence-electron chi connectivity index (χ4n) is 4.77. The van der Waals surface area contributed by atoms with Crippen molar-refractivity contribution in [2.45, 2.75) is 51.2 Å². The zero-order valence-corrected chi connectivity index (χ0v) is 20.8. The molecule has 9 heteroatoms. The summed E-state index contributed by atoms with van der Waals surface area (Å²) in [5, 5.41) is 2.64. The van der Waals surface area contributed by atoms with Crippen molar-refractivity contribution in [3.05, 3.63) is 53.9 Å². The van der Waals surface area contributed by atoms with Crippen LogP contribution in [0.5, 0.6) is 11.5 Å². The minimum Gasteiger partial charge on any atom is -0.493 e. The number of rotatable bonds is 7. The van der Waals surface area contributed by atoms with Crippen LogP contribution in [0.4, 0.5) is 0 Å². The number of hydrogen-bond donors (Lipinski definition) is 1. The second-order valence-corrected chi connectivity index (χ2v) is 9.37. The lowest BCUT2D eigenvalue weighted by Gasteiger charge is -2.31. The number of ether oxygens (including phenoxy) is 4. The van der Waals surface area contributed by atoms with Crippen molar-refractivity contribution >= 4 is 17.8 Å². The lowest BCUT2D eigenvalue weighted by molar-refractivity contribution is -0.152. The number of aromatic nitrogens is 1. The van der Waals surface area contributed by atoms with Gasteiger partial charge >= 0.3 is 11.9 Å². The maximum absolute atomic E-state index is 13.2. The van der Waals surface area contributed by atoms with Gasteiger partial charge in [-0.1, -0.05) is 43.2 Å². The number of carbonyl (C=O) groups excluding carboxylic acids is 3. The van der Waals surface area contributed by atoms with Crippen molar-refractivity contribution in [3.63, 3.8) is 0 Å². The van der Waals surface area contributed by atoms with Gasteiger partial charge in [-0.05, 0) is 30.7 Å². The van der Waals surface area contributed by atoms with Crippen LogP contribution in [0, 0.1) is 11.8 Å². The Hall–Kier alpha value is -3.46. The maximum Gasteiger partial charge on any atom is 0.331 e. The van der Waals surface area contributed by atoms with E-state index < -0.39 is 30.0 Å².